The van der Waals surface area contributed by atoms with Crippen LogP contribution in [-0.4, -0.2) is 49.1 Å². The minimum Gasteiger partial charge on any atom is -0.322 e. The van der Waals surface area contributed by atoms with Crippen molar-refractivity contribution < 1.29 is 19.2 Å². The van der Waals surface area contributed by atoms with Crippen molar-refractivity contribution >= 4 is 40.5 Å². The van der Waals surface area contributed by atoms with E-state index in [0.29, 0.717) is 40.0 Å². The Morgan fingerprint density at radius 1 is 1.19 bits per heavy atom. The smallest absolute Gasteiger partial charge is 0.257 e. The Hall–Kier alpha value is -4.08. The first kappa shape index (κ1) is 18.9. The minimum absolute atomic E-state index is 0.201. The number of anilines is 1. The van der Waals surface area contributed by atoms with Crippen LogP contribution in [0, 0.1) is 0 Å². The zero-order valence-electron chi connectivity index (χ0n) is 16.6. The summed E-state index contributed by atoms with van der Waals surface area (Å²) in [5, 5.41) is 5.10. The molecule has 156 valence electrons. The maximum atomic E-state index is 12.8. The van der Waals surface area contributed by atoms with Crippen LogP contribution in [-0.2, 0) is 23.2 Å². The van der Waals surface area contributed by atoms with E-state index in [1.807, 2.05) is 7.05 Å². The summed E-state index contributed by atoms with van der Waals surface area (Å²) < 4.78 is 1.77. The van der Waals surface area contributed by atoms with E-state index in [2.05, 4.69) is 20.6 Å². The Bertz CT molecular complexity index is 1280. The number of imide groups is 1. The average molecular weight is 418 g/mol. The van der Waals surface area contributed by atoms with Gasteiger partial charge in [-0.05, 0) is 36.2 Å². The number of pyridine rings is 1. The fourth-order valence-corrected chi connectivity index (χ4v) is 4.00. The summed E-state index contributed by atoms with van der Waals surface area (Å²) in [5.41, 5.74) is 3.40. The van der Waals surface area contributed by atoms with Crippen LogP contribution < -0.4 is 10.6 Å². The van der Waals surface area contributed by atoms with Crippen LogP contribution >= 0.6 is 0 Å². The average Bonchev–Trinajstić information content (AvgIpc) is 3.27. The van der Waals surface area contributed by atoms with E-state index in [0.717, 1.165) is 0 Å². The lowest BCUT2D eigenvalue weighted by atomic mass is 10.0. The fraction of sp³-hybridized carbons (Fsp3) is 0.238. The molecule has 2 aliphatic rings. The summed E-state index contributed by atoms with van der Waals surface area (Å²) in [6.45, 7) is 0.242. The molecule has 1 atom stereocenters. The third-order valence-electron chi connectivity index (χ3n) is 5.59. The van der Waals surface area contributed by atoms with Crippen molar-refractivity contribution in [3.8, 4) is 0 Å². The van der Waals surface area contributed by atoms with Gasteiger partial charge in [0.1, 0.15) is 11.6 Å². The molecule has 0 radical (unpaired) electrons. The number of aromatic nitrogens is 3. The van der Waals surface area contributed by atoms with Crippen LogP contribution in [0.3, 0.4) is 0 Å². The van der Waals surface area contributed by atoms with Crippen molar-refractivity contribution in [1.82, 2.24) is 24.8 Å². The molecule has 2 aliphatic heterocycles. The van der Waals surface area contributed by atoms with Gasteiger partial charge in [0.2, 0.25) is 11.8 Å². The van der Waals surface area contributed by atoms with Gasteiger partial charge in [0, 0.05) is 37.5 Å². The molecule has 1 saturated heterocycles. The minimum atomic E-state index is -0.674. The van der Waals surface area contributed by atoms with Gasteiger partial charge in [0.05, 0.1) is 11.9 Å². The number of rotatable bonds is 3. The van der Waals surface area contributed by atoms with Crippen LogP contribution in [0.25, 0.3) is 11.2 Å². The number of aryl methyl sites for hydroxylation is 1. The largest absolute Gasteiger partial charge is 0.322 e. The second kappa shape index (κ2) is 7.01. The molecule has 2 aromatic heterocycles. The molecule has 4 amide bonds. The van der Waals surface area contributed by atoms with Crippen molar-refractivity contribution in [3.63, 3.8) is 0 Å². The Morgan fingerprint density at radius 3 is 2.84 bits per heavy atom. The molecule has 1 fully saturated rings. The van der Waals surface area contributed by atoms with E-state index < -0.39 is 11.9 Å². The van der Waals surface area contributed by atoms with Crippen LogP contribution in [0.2, 0.25) is 0 Å². The number of nitrogens with one attached hydrogen (secondary N) is 2. The van der Waals surface area contributed by atoms with Gasteiger partial charge in [-0.2, -0.15) is 0 Å². The molecule has 4 heterocycles. The van der Waals surface area contributed by atoms with E-state index in [9.17, 15) is 19.2 Å². The second-order valence-corrected chi connectivity index (χ2v) is 7.65. The number of nitrogens with zero attached hydrogens (tertiary/aromatic N) is 4. The lowest BCUT2D eigenvalue weighted by Crippen LogP contribution is -2.52. The number of amides is 4. The zero-order chi connectivity index (χ0) is 21.7. The number of hydrogen-bond acceptors (Lipinski definition) is 6. The van der Waals surface area contributed by atoms with Gasteiger partial charge >= 0.3 is 0 Å². The Morgan fingerprint density at radius 2 is 2.03 bits per heavy atom. The first-order valence-electron chi connectivity index (χ1n) is 9.77. The van der Waals surface area contributed by atoms with Crippen LogP contribution in [0.5, 0.6) is 0 Å². The molecule has 0 saturated carbocycles. The van der Waals surface area contributed by atoms with E-state index in [-0.39, 0.29) is 30.7 Å². The number of fused-ring (bicyclic) bond motifs is 2. The Balaban J connectivity index is 1.34. The maximum Gasteiger partial charge on any atom is 0.257 e. The number of carbonyl (C=O) groups is 4. The number of piperidine rings is 1. The van der Waals surface area contributed by atoms with Gasteiger partial charge in [0.25, 0.3) is 11.8 Å². The highest BCUT2D eigenvalue weighted by Gasteiger charge is 2.39. The highest BCUT2D eigenvalue weighted by atomic mass is 16.2. The number of carbonyl (C=O) groups excluding carboxylic acids is 4. The van der Waals surface area contributed by atoms with Crippen molar-refractivity contribution in [1.29, 1.82) is 0 Å². The zero-order valence-corrected chi connectivity index (χ0v) is 16.6. The normalized spacial score (nSPS) is 18.3. The molecule has 2 N–H and O–H groups in total. The molecule has 5 rings (SSSR count). The molecule has 10 heteroatoms. The topological polar surface area (TPSA) is 126 Å². The Kier molecular flexibility index (Phi) is 4.28. The lowest BCUT2D eigenvalue weighted by Gasteiger charge is -2.29. The van der Waals surface area contributed by atoms with Gasteiger partial charge in [0.15, 0.2) is 5.65 Å². The quantitative estimate of drug-likeness (QED) is 0.611. The molecular formula is C21H18N6O4. The molecule has 1 aromatic carbocycles. The summed E-state index contributed by atoms with van der Waals surface area (Å²) >= 11 is 0. The predicted octanol–water partition coefficient (Wildman–Crippen LogP) is 0.982. The second-order valence-electron chi connectivity index (χ2n) is 7.65. The van der Waals surface area contributed by atoms with Crippen molar-refractivity contribution in [2.24, 2.45) is 7.05 Å². The molecule has 0 bridgehead atoms. The van der Waals surface area contributed by atoms with Crippen molar-refractivity contribution in [2.75, 3.05) is 5.32 Å². The molecule has 1 unspecified atom stereocenters. The van der Waals surface area contributed by atoms with Crippen LogP contribution in [0.4, 0.5) is 5.69 Å². The SMILES string of the molecule is Cn1cnc2cc(C(=O)Nc3ccc4c(c3)CN(C3CCC(=O)NC3=O)C4=O)cnc21. The molecule has 3 aromatic rings. The molecular weight excluding hydrogens is 400 g/mol. The van der Waals surface area contributed by atoms with E-state index in [1.54, 1.807) is 35.2 Å². The summed E-state index contributed by atoms with van der Waals surface area (Å²) in [5.74, 6) is -1.38. The molecule has 0 aliphatic carbocycles. The van der Waals surface area contributed by atoms with Crippen molar-refractivity contribution in [2.45, 2.75) is 25.4 Å². The first-order valence-corrected chi connectivity index (χ1v) is 9.77. The Labute approximate surface area is 176 Å². The number of imidazole rings is 1. The molecule has 0 spiro atoms. The highest BCUT2D eigenvalue weighted by Crippen LogP contribution is 2.29. The molecule has 31 heavy (non-hydrogen) atoms. The van der Waals surface area contributed by atoms with Crippen molar-refractivity contribution in [3.05, 3.63) is 53.5 Å². The van der Waals surface area contributed by atoms with Gasteiger partial charge in [-0.25, -0.2) is 9.97 Å². The number of benzene rings is 1. The lowest BCUT2D eigenvalue weighted by molar-refractivity contribution is -0.136. The van der Waals surface area contributed by atoms with Gasteiger partial charge < -0.3 is 14.8 Å². The maximum absolute atomic E-state index is 12.8. The number of hydrogen-bond donors (Lipinski definition) is 2. The highest BCUT2D eigenvalue weighted by molar-refractivity contribution is 6.07. The van der Waals surface area contributed by atoms with E-state index in [4.69, 9.17) is 0 Å². The molecule has 10 nitrogen and oxygen atoms in total. The van der Waals surface area contributed by atoms with Crippen LogP contribution in [0.1, 0.15) is 39.1 Å². The monoisotopic (exact) mass is 418 g/mol. The van der Waals surface area contributed by atoms with Gasteiger partial charge in [-0.3, -0.25) is 24.5 Å². The van der Waals surface area contributed by atoms with E-state index in [1.165, 1.54) is 11.1 Å². The van der Waals surface area contributed by atoms with Gasteiger partial charge in [-0.1, -0.05) is 0 Å². The third kappa shape index (κ3) is 3.21. The van der Waals surface area contributed by atoms with Crippen LogP contribution in [0.15, 0.2) is 36.8 Å². The summed E-state index contributed by atoms with van der Waals surface area (Å²) in [7, 11) is 1.83. The predicted molar refractivity (Wildman–Crippen MR) is 109 cm³/mol. The summed E-state index contributed by atoms with van der Waals surface area (Å²) in [4.78, 5) is 58.9. The fourth-order valence-electron chi connectivity index (χ4n) is 4.00. The third-order valence-corrected chi connectivity index (χ3v) is 5.59. The summed E-state index contributed by atoms with van der Waals surface area (Å²) in [6.07, 6.45) is 3.62. The summed E-state index contributed by atoms with van der Waals surface area (Å²) in [6, 6.07) is 6.00. The van der Waals surface area contributed by atoms with E-state index >= 15 is 0 Å². The first-order chi connectivity index (χ1) is 14.9. The van der Waals surface area contributed by atoms with Gasteiger partial charge in [-0.15, -0.1) is 0 Å². The standard InChI is InChI=1S/C21H18N6O4/c1-26-10-23-15-7-11(8-22-18(15)26)19(29)24-13-2-3-14-12(6-13)9-27(21(14)31)16-4-5-17(28)25-20(16)30/h2-3,6-8,10,16H,4-5,9H2,1H3,(H,24,29)(H,25,28,30).